The number of rotatable bonds is 4. The number of benzene rings is 10. The lowest BCUT2D eigenvalue weighted by Gasteiger charge is -2.19. The van der Waals surface area contributed by atoms with Gasteiger partial charge in [-0.05, 0) is 124 Å². The van der Waals surface area contributed by atoms with Crippen LogP contribution in [0.2, 0.25) is 0 Å². The molecule has 1 heteroatoms. The number of hydrogen-bond donors (Lipinski definition) is 0. The summed E-state index contributed by atoms with van der Waals surface area (Å²) in [5.41, 5.74) is 11.6. The Morgan fingerprint density at radius 3 is 1.40 bits per heavy atom. The second-order valence-electron chi connectivity index (χ2n) is 14.1. The van der Waals surface area contributed by atoms with Gasteiger partial charge in [0, 0.05) is 10.8 Å². The molecule has 0 saturated carbocycles. The van der Waals surface area contributed by atoms with Crippen LogP contribution in [-0.2, 0) is 0 Å². The van der Waals surface area contributed by atoms with Crippen LogP contribution in [0.1, 0.15) is 0 Å². The van der Waals surface area contributed by atoms with Gasteiger partial charge in [0.05, 0.1) is 0 Å². The molecule has 0 aliphatic heterocycles. The second kappa shape index (κ2) is 11.8. The van der Waals surface area contributed by atoms with E-state index in [4.69, 9.17) is 4.42 Å². The molecule has 246 valence electrons. The fraction of sp³-hybridized carbons (Fsp3) is 0. The van der Waals surface area contributed by atoms with Gasteiger partial charge in [-0.3, -0.25) is 0 Å². The van der Waals surface area contributed by atoms with E-state index in [0.717, 1.165) is 21.9 Å². The summed E-state index contributed by atoms with van der Waals surface area (Å²) in [6.07, 6.45) is 0. The molecule has 1 aromatic heterocycles. The largest absolute Gasteiger partial charge is 0.456 e. The minimum absolute atomic E-state index is 0.916. The van der Waals surface area contributed by atoms with Gasteiger partial charge in [-0.1, -0.05) is 158 Å². The van der Waals surface area contributed by atoms with Gasteiger partial charge < -0.3 is 4.42 Å². The lowest BCUT2D eigenvalue weighted by Crippen LogP contribution is -1.92. The molecular weight excluding hydrogens is 641 g/mol. The summed E-state index contributed by atoms with van der Waals surface area (Å²) in [7, 11) is 0. The highest BCUT2D eigenvalue weighted by Gasteiger charge is 2.18. The standard InChI is InChI=1S/C52H32O/c1-3-11-37-29-39(23-19-33(37)9-1)41-25-27-46-48(32-41)52(42-24-20-34-10-2-4-12-38(34)30-42)45-15-6-5-14-44(45)51(46)36-21-17-35(18-22-36)40-26-28-50-47(31-40)43-13-7-8-16-49(43)53-50/h1-32H. The van der Waals surface area contributed by atoms with E-state index in [1.54, 1.807) is 0 Å². The normalized spacial score (nSPS) is 11.8. The zero-order valence-corrected chi connectivity index (χ0v) is 28.9. The average molecular weight is 673 g/mol. The van der Waals surface area contributed by atoms with E-state index in [2.05, 4.69) is 182 Å². The number of furan rings is 1. The van der Waals surface area contributed by atoms with E-state index in [-0.39, 0.29) is 0 Å². The molecule has 0 saturated heterocycles. The average Bonchev–Trinajstić information content (AvgIpc) is 3.60. The SMILES string of the molecule is c1ccc2cc(-c3ccc4c(-c5ccc(-c6ccc7oc8ccccc8c7c6)cc5)c5ccccc5c(-c5ccc6ccccc6c5)c4c3)ccc2c1. The highest BCUT2D eigenvalue weighted by Crippen LogP contribution is 2.46. The molecule has 0 spiro atoms. The highest BCUT2D eigenvalue weighted by atomic mass is 16.3. The van der Waals surface area contributed by atoms with Crippen LogP contribution in [0.4, 0.5) is 0 Å². The number of para-hydroxylation sites is 1. The van der Waals surface area contributed by atoms with Crippen LogP contribution in [-0.4, -0.2) is 0 Å². The van der Waals surface area contributed by atoms with Crippen molar-refractivity contribution in [3.05, 3.63) is 194 Å². The summed E-state index contributed by atoms with van der Waals surface area (Å²) < 4.78 is 6.12. The molecule has 10 aromatic carbocycles. The molecule has 11 rings (SSSR count). The Morgan fingerprint density at radius 2 is 0.660 bits per heavy atom. The fourth-order valence-electron chi connectivity index (χ4n) is 8.43. The van der Waals surface area contributed by atoms with E-state index in [1.807, 2.05) is 12.1 Å². The van der Waals surface area contributed by atoms with Crippen molar-refractivity contribution in [1.82, 2.24) is 0 Å². The smallest absolute Gasteiger partial charge is 0.135 e. The molecule has 0 aliphatic rings. The Balaban J connectivity index is 1.13. The molecule has 53 heavy (non-hydrogen) atoms. The van der Waals surface area contributed by atoms with Gasteiger partial charge in [0.1, 0.15) is 11.2 Å². The van der Waals surface area contributed by atoms with E-state index >= 15 is 0 Å². The topological polar surface area (TPSA) is 13.1 Å². The summed E-state index contributed by atoms with van der Waals surface area (Å²) in [5, 5.41) is 12.3. The third-order valence-electron chi connectivity index (χ3n) is 11.0. The Hall–Kier alpha value is -6.96. The van der Waals surface area contributed by atoms with Crippen LogP contribution >= 0.6 is 0 Å². The minimum Gasteiger partial charge on any atom is -0.456 e. The van der Waals surface area contributed by atoms with Gasteiger partial charge >= 0.3 is 0 Å². The van der Waals surface area contributed by atoms with Crippen LogP contribution in [0.5, 0.6) is 0 Å². The predicted octanol–water partition coefficient (Wildman–Crippen LogP) is 14.9. The van der Waals surface area contributed by atoms with E-state index in [9.17, 15) is 0 Å². The summed E-state index contributed by atoms with van der Waals surface area (Å²) in [4.78, 5) is 0. The molecule has 1 heterocycles. The molecule has 0 fully saturated rings. The maximum atomic E-state index is 6.12. The third kappa shape index (κ3) is 4.86. The van der Waals surface area contributed by atoms with Crippen molar-refractivity contribution in [2.24, 2.45) is 0 Å². The van der Waals surface area contributed by atoms with Crippen LogP contribution in [0.3, 0.4) is 0 Å². The first-order chi connectivity index (χ1) is 26.2. The van der Waals surface area contributed by atoms with Crippen molar-refractivity contribution >= 4 is 65.0 Å². The van der Waals surface area contributed by atoms with E-state index < -0.39 is 0 Å². The van der Waals surface area contributed by atoms with Crippen molar-refractivity contribution < 1.29 is 4.42 Å². The first-order valence-corrected chi connectivity index (χ1v) is 18.2. The number of hydrogen-bond acceptors (Lipinski definition) is 1. The van der Waals surface area contributed by atoms with Crippen LogP contribution in [0, 0.1) is 0 Å². The molecule has 0 aliphatic carbocycles. The molecule has 0 amide bonds. The summed E-state index contributed by atoms with van der Waals surface area (Å²) in [6, 6.07) is 70.8. The van der Waals surface area contributed by atoms with Gasteiger partial charge in [0.2, 0.25) is 0 Å². The van der Waals surface area contributed by atoms with Crippen molar-refractivity contribution in [3.63, 3.8) is 0 Å². The lowest BCUT2D eigenvalue weighted by atomic mass is 9.84. The van der Waals surface area contributed by atoms with Crippen molar-refractivity contribution in [2.45, 2.75) is 0 Å². The van der Waals surface area contributed by atoms with Gasteiger partial charge in [-0.15, -0.1) is 0 Å². The second-order valence-corrected chi connectivity index (χ2v) is 14.1. The summed E-state index contributed by atoms with van der Waals surface area (Å²) >= 11 is 0. The maximum absolute atomic E-state index is 6.12. The Labute approximate surface area is 307 Å². The quantitative estimate of drug-likeness (QED) is 0.170. The molecule has 0 unspecified atom stereocenters. The predicted molar refractivity (Wildman–Crippen MR) is 225 cm³/mol. The Bertz CT molecular complexity index is 3220. The molecule has 0 radical (unpaired) electrons. The molecular formula is C52H32O. The van der Waals surface area contributed by atoms with Gasteiger partial charge in [-0.25, -0.2) is 0 Å². The van der Waals surface area contributed by atoms with Crippen molar-refractivity contribution in [3.8, 4) is 44.5 Å². The lowest BCUT2D eigenvalue weighted by molar-refractivity contribution is 0.669. The third-order valence-corrected chi connectivity index (χ3v) is 11.0. The number of fused-ring (bicyclic) bond motifs is 7. The maximum Gasteiger partial charge on any atom is 0.135 e. The Kier molecular flexibility index (Phi) is 6.62. The van der Waals surface area contributed by atoms with Crippen LogP contribution in [0.15, 0.2) is 199 Å². The first kappa shape index (κ1) is 29.7. The molecule has 0 bridgehead atoms. The first-order valence-electron chi connectivity index (χ1n) is 18.2. The van der Waals surface area contributed by atoms with Crippen molar-refractivity contribution in [1.29, 1.82) is 0 Å². The van der Waals surface area contributed by atoms with Crippen molar-refractivity contribution in [2.75, 3.05) is 0 Å². The molecule has 0 N–H and O–H groups in total. The fourth-order valence-corrected chi connectivity index (χ4v) is 8.43. The highest BCUT2D eigenvalue weighted by molar-refractivity contribution is 6.22. The van der Waals surface area contributed by atoms with Gasteiger partial charge in [0.15, 0.2) is 0 Å². The van der Waals surface area contributed by atoms with Gasteiger partial charge in [0.25, 0.3) is 0 Å². The summed E-state index contributed by atoms with van der Waals surface area (Å²) in [5.74, 6) is 0. The molecule has 0 atom stereocenters. The van der Waals surface area contributed by atoms with Gasteiger partial charge in [-0.2, -0.15) is 0 Å². The van der Waals surface area contributed by atoms with Crippen LogP contribution < -0.4 is 0 Å². The Morgan fingerprint density at radius 1 is 0.226 bits per heavy atom. The molecule has 11 aromatic rings. The monoisotopic (exact) mass is 672 g/mol. The zero-order valence-electron chi connectivity index (χ0n) is 28.9. The zero-order chi connectivity index (χ0) is 34.9. The molecule has 1 nitrogen and oxygen atoms in total. The summed E-state index contributed by atoms with van der Waals surface area (Å²) in [6.45, 7) is 0. The van der Waals surface area contributed by atoms with E-state index in [0.29, 0.717) is 0 Å². The minimum atomic E-state index is 0.916. The van der Waals surface area contributed by atoms with E-state index in [1.165, 1.54) is 87.6 Å². The van der Waals surface area contributed by atoms with Crippen LogP contribution in [0.25, 0.3) is 110 Å².